The fourth-order valence-electron chi connectivity index (χ4n) is 0.819. The van der Waals surface area contributed by atoms with E-state index in [-0.39, 0.29) is 11.6 Å². The minimum atomic E-state index is -0.412. The van der Waals surface area contributed by atoms with Crippen LogP contribution in [0.25, 0.3) is 0 Å². The predicted molar refractivity (Wildman–Crippen MR) is 60.7 cm³/mol. The Morgan fingerprint density at radius 2 is 1.53 bits per heavy atom. The molecule has 3 nitrogen and oxygen atoms in total. The highest BCUT2D eigenvalue weighted by Gasteiger charge is 2.22. The topological polar surface area (TPSA) is 35.5 Å². The summed E-state index contributed by atoms with van der Waals surface area (Å²) in [6.45, 7) is 12.6. The molecule has 0 N–H and O–H groups in total. The summed E-state index contributed by atoms with van der Waals surface area (Å²) >= 11 is 0. The van der Waals surface area contributed by atoms with Crippen LogP contribution in [0.15, 0.2) is 0 Å². The number of carbonyl (C=O) groups is 1. The third-order valence-electron chi connectivity index (χ3n) is 1.67. The van der Waals surface area contributed by atoms with Gasteiger partial charge in [-0.05, 0) is 41.5 Å². The number of hydrogen-bond acceptors (Lipinski definition) is 3. The molecule has 0 aromatic heterocycles. The zero-order valence-corrected chi connectivity index (χ0v) is 10.8. The number of carbonyl (C=O) groups excluding carboxylic acids is 1. The van der Waals surface area contributed by atoms with Gasteiger partial charge in [-0.3, -0.25) is 4.79 Å². The first kappa shape index (κ1) is 14.4. The van der Waals surface area contributed by atoms with Crippen LogP contribution in [0.2, 0.25) is 0 Å². The number of ether oxygens (including phenoxy) is 2. The van der Waals surface area contributed by atoms with E-state index in [0.29, 0.717) is 13.2 Å². The molecule has 0 aliphatic rings. The number of hydrogen-bond donors (Lipinski definition) is 0. The molecular formula is C12H24O3. The first-order chi connectivity index (χ1) is 6.63. The van der Waals surface area contributed by atoms with E-state index in [9.17, 15) is 4.79 Å². The van der Waals surface area contributed by atoms with E-state index in [1.54, 1.807) is 0 Å². The molecule has 0 bridgehead atoms. The summed E-state index contributed by atoms with van der Waals surface area (Å²) in [4.78, 5) is 11.4. The molecule has 0 saturated carbocycles. The molecule has 15 heavy (non-hydrogen) atoms. The quantitative estimate of drug-likeness (QED) is 0.535. The predicted octanol–water partition coefficient (Wildman–Crippen LogP) is 2.78. The molecule has 90 valence electrons. The zero-order chi connectivity index (χ0) is 12.1. The summed E-state index contributed by atoms with van der Waals surface area (Å²) in [5, 5.41) is 0. The first-order valence-corrected chi connectivity index (χ1v) is 5.44. The number of rotatable bonds is 4. The molecule has 0 fully saturated rings. The number of esters is 1. The Bertz CT molecular complexity index is 196. The lowest BCUT2D eigenvalue weighted by molar-refractivity contribution is -0.153. The van der Waals surface area contributed by atoms with Crippen LogP contribution in [0.4, 0.5) is 0 Å². The van der Waals surface area contributed by atoms with Gasteiger partial charge in [-0.15, -0.1) is 0 Å². The van der Waals surface area contributed by atoms with Crippen LogP contribution in [0.1, 0.15) is 48.0 Å². The van der Waals surface area contributed by atoms with Gasteiger partial charge in [0.2, 0.25) is 0 Å². The molecule has 0 saturated heterocycles. The van der Waals surface area contributed by atoms with Crippen LogP contribution in [0.5, 0.6) is 0 Å². The fraction of sp³-hybridized carbons (Fsp3) is 0.917. The maximum atomic E-state index is 11.4. The maximum absolute atomic E-state index is 11.4. The summed E-state index contributed by atoms with van der Waals surface area (Å²) in [5.41, 5.74) is -0.529. The van der Waals surface area contributed by atoms with Crippen LogP contribution in [0.3, 0.4) is 0 Å². The van der Waals surface area contributed by atoms with Crippen LogP contribution in [0, 0.1) is 5.41 Å². The van der Waals surface area contributed by atoms with Crippen molar-refractivity contribution in [2.45, 2.75) is 53.6 Å². The Balaban J connectivity index is 3.53. The highest BCUT2D eigenvalue weighted by molar-refractivity contribution is 5.75. The molecule has 0 aromatic rings. The molecule has 0 aliphatic carbocycles. The van der Waals surface area contributed by atoms with Gasteiger partial charge in [0.1, 0.15) is 0 Å². The maximum Gasteiger partial charge on any atom is 0.311 e. The van der Waals surface area contributed by atoms with E-state index in [1.165, 1.54) is 0 Å². The van der Waals surface area contributed by atoms with Crippen LogP contribution in [-0.4, -0.2) is 24.8 Å². The van der Waals surface area contributed by atoms with Crippen LogP contribution < -0.4 is 0 Å². The molecule has 0 atom stereocenters. The van der Waals surface area contributed by atoms with Crippen molar-refractivity contribution in [3.05, 3.63) is 0 Å². The third kappa shape index (κ3) is 8.43. The van der Waals surface area contributed by atoms with Crippen molar-refractivity contribution in [3.63, 3.8) is 0 Å². The molecule has 0 aromatic carbocycles. The van der Waals surface area contributed by atoms with Crippen molar-refractivity contribution in [3.8, 4) is 0 Å². The Morgan fingerprint density at radius 3 is 1.93 bits per heavy atom. The Morgan fingerprint density at radius 1 is 1.00 bits per heavy atom. The molecule has 0 heterocycles. The van der Waals surface area contributed by atoms with Crippen molar-refractivity contribution < 1.29 is 14.3 Å². The second-order valence-electron chi connectivity index (χ2n) is 5.70. The third-order valence-corrected chi connectivity index (χ3v) is 1.67. The SMILES string of the molecule is CC(C)(C)OCCCOC(=O)C(C)(C)C. The Labute approximate surface area is 93.1 Å². The molecule has 0 radical (unpaired) electrons. The van der Waals surface area contributed by atoms with Crippen LogP contribution in [-0.2, 0) is 14.3 Å². The van der Waals surface area contributed by atoms with E-state index in [1.807, 2.05) is 41.5 Å². The van der Waals surface area contributed by atoms with Crippen LogP contribution >= 0.6 is 0 Å². The lowest BCUT2D eigenvalue weighted by Gasteiger charge is -2.20. The van der Waals surface area contributed by atoms with Gasteiger partial charge >= 0.3 is 5.97 Å². The zero-order valence-electron chi connectivity index (χ0n) is 10.8. The van der Waals surface area contributed by atoms with Crippen molar-refractivity contribution in [1.82, 2.24) is 0 Å². The summed E-state index contributed by atoms with van der Waals surface area (Å²) in [6.07, 6.45) is 0.749. The van der Waals surface area contributed by atoms with Crippen molar-refractivity contribution >= 4 is 5.97 Å². The monoisotopic (exact) mass is 216 g/mol. The summed E-state index contributed by atoms with van der Waals surface area (Å²) in [6, 6.07) is 0. The minimum Gasteiger partial charge on any atom is -0.465 e. The van der Waals surface area contributed by atoms with Gasteiger partial charge in [-0.2, -0.15) is 0 Å². The highest BCUT2D eigenvalue weighted by atomic mass is 16.5. The molecule has 0 unspecified atom stereocenters. The van der Waals surface area contributed by atoms with Gasteiger partial charge in [0.15, 0.2) is 0 Å². The van der Waals surface area contributed by atoms with Gasteiger partial charge in [-0.25, -0.2) is 0 Å². The highest BCUT2D eigenvalue weighted by Crippen LogP contribution is 2.15. The fourth-order valence-corrected chi connectivity index (χ4v) is 0.819. The lowest BCUT2D eigenvalue weighted by Crippen LogP contribution is -2.24. The largest absolute Gasteiger partial charge is 0.465 e. The van der Waals surface area contributed by atoms with Crippen molar-refractivity contribution in [2.75, 3.05) is 13.2 Å². The smallest absolute Gasteiger partial charge is 0.311 e. The van der Waals surface area contributed by atoms with E-state index in [0.717, 1.165) is 6.42 Å². The van der Waals surface area contributed by atoms with Gasteiger partial charge in [-0.1, -0.05) is 0 Å². The Kier molecular flexibility index (Phi) is 5.29. The molecular weight excluding hydrogens is 192 g/mol. The molecule has 3 heteroatoms. The summed E-state index contributed by atoms with van der Waals surface area (Å²) in [5.74, 6) is -0.154. The van der Waals surface area contributed by atoms with Gasteiger partial charge in [0.05, 0.1) is 24.2 Å². The van der Waals surface area contributed by atoms with E-state index in [2.05, 4.69) is 0 Å². The molecule has 0 rings (SSSR count). The van der Waals surface area contributed by atoms with Crippen molar-refractivity contribution in [1.29, 1.82) is 0 Å². The first-order valence-electron chi connectivity index (χ1n) is 5.44. The normalized spacial score (nSPS) is 12.7. The van der Waals surface area contributed by atoms with E-state index < -0.39 is 5.41 Å². The summed E-state index contributed by atoms with van der Waals surface area (Å²) < 4.78 is 10.6. The second kappa shape index (κ2) is 5.50. The standard InChI is InChI=1S/C12H24O3/c1-11(2,3)10(13)14-8-7-9-15-12(4,5)6/h7-9H2,1-6H3. The molecule has 0 aliphatic heterocycles. The minimum absolute atomic E-state index is 0.117. The lowest BCUT2D eigenvalue weighted by atomic mass is 9.97. The van der Waals surface area contributed by atoms with E-state index in [4.69, 9.17) is 9.47 Å². The molecule has 0 amide bonds. The van der Waals surface area contributed by atoms with E-state index >= 15 is 0 Å². The second-order valence-corrected chi connectivity index (χ2v) is 5.70. The molecule has 0 spiro atoms. The Hall–Kier alpha value is -0.570. The van der Waals surface area contributed by atoms with Gasteiger partial charge < -0.3 is 9.47 Å². The van der Waals surface area contributed by atoms with Gasteiger partial charge in [0.25, 0.3) is 0 Å². The van der Waals surface area contributed by atoms with Crippen molar-refractivity contribution in [2.24, 2.45) is 5.41 Å². The average Bonchev–Trinajstić information content (AvgIpc) is 1.99. The average molecular weight is 216 g/mol. The summed E-state index contributed by atoms with van der Waals surface area (Å²) in [7, 11) is 0. The van der Waals surface area contributed by atoms with Gasteiger partial charge in [0, 0.05) is 6.42 Å².